The van der Waals surface area contributed by atoms with Crippen LogP contribution in [0.1, 0.15) is 22.4 Å². The second kappa shape index (κ2) is 7.60. The van der Waals surface area contributed by atoms with E-state index in [1.54, 1.807) is 22.9 Å². The van der Waals surface area contributed by atoms with Gasteiger partial charge in [0.15, 0.2) is 0 Å². The molecule has 0 amide bonds. The Bertz CT molecular complexity index is 978. The predicted molar refractivity (Wildman–Crippen MR) is 103 cm³/mol. The average molecular weight is 406 g/mol. The van der Waals surface area contributed by atoms with Crippen molar-refractivity contribution < 1.29 is 13.2 Å². The second-order valence-corrected chi connectivity index (χ2v) is 7.28. The number of fused-ring (bicyclic) bond motifs is 1. The highest BCUT2D eigenvalue weighted by atomic mass is 35.5. The number of aromatic nitrogens is 2. The van der Waals surface area contributed by atoms with Crippen molar-refractivity contribution in [2.45, 2.75) is 25.6 Å². The zero-order valence-corrected chi connectivity index (χ0v) is 15.8. The highest BCUT2D eigenvalue weighted by Gasteiger charge is 2.33. The molecule has 0 radical (unpaired) electrons. The third kappa shape index (κ3) is 3.80. The van der Waals surface area contributed by atoms with Crippen molar-refractivity contribution in [2.24, 2.45) is 0 Å². The molecule has 2 aromatic carbocycles. The molecule has 0 saturated heterocycles. The molecule has 1 aliphatic heterocycles. The lowest BCUT2D eigenvalue weighted by Gasteiger charge is -2.15. The minimum Gasteiger partial charge on any atom is -0.316 e. The van der Waals surface area contributed by atoms with E-state index in [0.29, 0.717) is 5.02 Å². The van der Waals surface area contributed by atoms with Gasteiger partial charge in [0.25, 0.3) is 0 Å². The molecule has 28 heavy (non-hydrogen) atoms. The first-order valence-corrected chi connectivity index (χ1v) is 9.51. The van der Waals surface area contributed by atoms with Crippen molar-refractivity contribution in [1.29, 1.82) is 0 Å². The van der Waals surface area contributed by atoms with E-state index in [1.165, 1.54) is 12.1 Å². The molecular weight excluding hydrogens is 387 g/mol. The Labute approximate surface area is 166 Å². The van der Waals surface area contributed by atoms with Crippen molar-refractivity contribution in [2.75, 3.05) is 13.1 Å². The van der Waals surface area contributed by atoms with Gasteiger partial charge in [-0.1, -0.05) is 41.9 Å². The van der Waals surface area contributed by atoms with Crippen LogP contribution in [0.25, 0.3) is 11.3 Å². The summed E-state index contributed by atoms with van der Waals surface area (Å²) in [6.45, 7) is 1.69. The van der Waals surface area contributed by atoms with Crippen molar-refractivity contribution in [3.05, 3.63) is 75.9 Å². The lowest BCUT2D eigenvalue weighted by atomic mass is 10.0. The monoisotopic (exact) mass is 405 g/mol. The fourth-order valence-corrected chi connectivity index (χ4v) is 3.82. The Hall–Kier alpha value is -2.31. The van der Waals surface area contributed by atoms with Crippen LogP contribution in [0.4, 0.5) is 13.2 Å². The molecule has 0 atom stereocenters. The van der Waals surface area contributed by atoms with Gasteiger partial charge in [-0.25, -0.2) is 0 Å². The molecule has 0 spiro atoms. The Balaban J connectivity index is 1.83. The number of nitrogens with one attached hydrogen (secondary N) is 1. The normalized spacial score (nSPS) is 14.6. The predicted octanol–water partition coefficient (Wildman–Crippen LogP) is 4.96. The van der Waals surface area contributed by atoms with Gasteiger partial charge in [-0.2, -0.15) is 18.3 Å². The van der Waals surface area contributed by atoms with Gasteiger partial charge < -0.3 is 5.32 Å². The molecule has 3 aromatic rings. The number of hydrogen-bond acceptors (Lipinski definition) is 2. The van der Waals surface area contributed by atoms with Crippen LogP contribution < -0.4 is 5.32 Å². The van der Waals surface area contributed by atoms with Crippen molar-refractivity contribution >= 4 is 11.6 Å². The van der Waals surface area contributed by atoms with Gasteiger partial charge in [0.2, 0.25) is 0 Å². The van der Waals surface area contributed by atoms with Crippen molar-refractivity contribution in [3.63, 3.8) is 0 Å². The third-order valence-corrected chi connectivity index (χ3v) is 5.24. The summed E-state index contributed by atoms with van der Waals surface area (Å²) in [6, 6.07) is 13.0. The minimum atomic E-state index is -4.40. The quantitative estimate of drug-likeness (QED) is 0.667. The van der Waals surface area contributed by atoms with Crippen LogP contribution in [0.2, 0.25) is 5.02 Å². The summed E-state index contributed by atoms with van der Waals surface area (Å²) in [4.78, 5) is 0. The van der Waals surface area contributed by atoms with E-state index in [4.69, 9.17) is 16.7 Å². The summed E-state index contributed by atoms with van der Waals surface area (Å²) in [5, 5.41) is 8.67. The van der Waals surface area contributed by atoms with E-state index in [-0.39, 0.29) is 12.1 Å². The summed E-state index contributed by atoms with van der Waals surface area (Å²) >= 11 is 6.03. The lowest BCUT2D eigenvalue weighted by molar-refractivity contribution is -0.138. The Morgan fingerprint density at radius 2 is 1.71 bits per heavy atom. The minimum absolute atomic E-state index is 0.0636. The van der Waals surface area contributed by atoms with Crippen LogP contribution >= 0.6 is 11.6 Å². The summed E-state index contributed by atoms with van der Waals surface area (Å²) in [7, 11) is 0. The molecule has 0 aliphatic carbocycles. The molecule has 2 heterocycles. The number of rotatable bonds is 3. The van der Waals surface area contributed by atoms with Gasteiger partial charge in [-0.15, -0.1) is 0 Å². The molecule has 0 saturated carbocycles. The van der Waals surface area contributed by atoms with Gasteiger partial charge in [0.1, 0.15) is 0 Å². The lowest BCUT2D eigenvalue weighted by Crippen LogP contribution is -2.18. The summed E-state index contributed by atoms with van der Waals surface area (Å²) in [6.07, 6.45) is -2.86. The van der Waals surface area contributed by atoms with Gasteiger partial charge in [0.05, 0.1) is 23.5 Å². The zero-order chi connectivity index (χ0) is 19.7. The fraction of sp³-hybridized carbons (Fsp3) is 0.286. The number of benzene rings is 2. The topological polar surface area (TPSA) is 29.9 Å². The van der Waals surface area contributed by atoms with E-state index >= 15 is 0 Å². The number of hydrogen-bond donors (Lipinski definition) is 1. The first-order valence-electron chi connectivity index (χ1n) is 9.14. The van der Waals surface area contributed by atoms with Gasteiger partial charge in [-0.3, -0.25) is 4.68 Å². The largest absolute Gasteiger partial charge is 0.416 e. The molecule has 0 fully saturated rings. The van der Waals surface area contributed by atoms with Crippen molar-refractivity contribution in [1.82, 2.24) is 15.1 Å². The molecule has 1 N–H and O–H groups in total. The van der Waals surface area contributed by atoms with E-state index in [0.717, 1.165) is 54.5 Å². The maximum atomic E-state index is 13.4. The molecule has 0 bridgehead atoms. The second-order valence-electron chi connectivity index (χ2n) is 6.84. The van der Waals surface area contributed by atoms with E-state index in [9.17, 15) is 13.2 Å². The van der Waals surface area contributed by atoms with Crippen LogP contribution in [0, 0.1) is 0 Å². The average Bonchev–Trinajstić information content (AvgIpc) is 2.83. The fourth-order valence-electron chi connectivity index (χ4n) is 3.70. The van der Waals surface area contributed by atoms with E-state index in [2.05, 4.69) is 5.32 Å². The zero-order valence-electron chi connectivity index (χ0n) is 15.1. The van der Waals surface area contributed by atoms with E-state index in [1.807, 2.05) is 12.1 Å². The summed E-state index contributed by atoms with van der Waals surface area (Å²) < 4.78 is 42.1. The number of halogens is 4. The smallest absolute Gasteiger partial charge is 0.316 e. The standard InChI is InChI=1S/C21H19ClF3N3/c22-16-7-5-14(6-8-16)20-17-9-11-26-12-10-19(17)27-28(20)13-15-3-1-2-4-18(15)21(23,24)25/h1-8,26H,9-13H2. The van der Waals surface area contributed by atoms with Crippen molar-refractivity contribution in [3.8, 4) is 11.3 Å². The number of nitrogens with zero attached hydrogens (tertiary/aromatic N) is 2. The highest BCUT2D eigenvalue weighted by molar-refractivity contribution is 6.30. The third-order valence-electron chi connectivity index (χ3n) is 4.98. The summed E-state index contributed by atoms with van der Waals surface area (Å²) in [5.74, 6) is 0. The molecule has 3 nitrogen and oxygen atoms in total. The first-order chi connectivity index (χ1) is 13.4. The van der Waals surface area contributed by atoms with Crippen LogP contribution in [-0.4, -0.2) is 22.9 Å². The van der Waals surface area contributed by atoms with Gasteiger partial charge >= 0.3 is 6.18 Å². The first kappa shape index (κ1) is 19.0. The molecule has 7 heteroatoms. The Morgan fingerprint density at radius 3 is 2.46 bits per heavy atom. The number of alkyl halides is 3. The SMILES string of the molecule is FC(F)(F)c1ccccc1Cn1nc2c(c1-c1ccc(Cl)cc1)CCNCC2. The maximum Gasteiger partial charge on any atom is 0.416 e. The maximum absolute atomic E-state index is 13.4. The van der Waals surface area contributed by atoms with Crippen LogP contribution in [-0.2, 0) is 25.6 Å². The van der Waals surface area contributed by atoms with Crippen LogP contribution in [0.3, 0.4) is 0 Å². The van der Waals surface area contributed by atoms with Crippen LogP contribution in [0.5, 0.6) is 0 Å². The Kier molecular flexibility index (Phi) is 5.17. The highest BCUT2D eigenvalue weighted by Crippen LogP contribution is 2.34. The molecule has 146 valence electrons. The molecule has 4 rings (SSSR count). The molecule has 1 aromatic heterocycles. The molecule has 0 unspecified atom stereocenters. The molecular formula is C21H19ClF3N3. The molecule has 1 aliphatic rings. The van der Waals surface area contributed by atoms with Gasteiger partial charge in [0, 0.05) is 29.1 Å². The summed E-state index contributed by atoms with van der Waals surface area (Å²) in [5.41, 5.74) is 3.40. The van der Waals surface area contributed by atoms with Crippen LogP contribution in [0.15, 0.2) is 48.5 Å². The van der Waals surface area contributed by atoms with E-state index < -0.39 is 11.7 Å². The van der Waals surface area contributed by atoms with Gasteiger partial charge in [-0.05, 0) is 36.7 Å². The Morgan fingerprint density at radius 1 is 1.00 bits per heavy atom.